The predicted octanol–water partition coefficient (Wildman–Crippen LogP) is 1.82. The van der Waals surface area contributed by atoms with Gasteiger partial charge in [-0.15, -0.1) is 0 Å². The summed E-state index contributed by atoms with van der Waals surface area (Å²) in [5, 5.41) is 25.3. The molecule has 9 atom stereocenters. The number of likely N-dealkylation sites (N-methyl/N-ethyl adjacent to an activating group) is 2. The van der Waals surface area contributed by atoms with Crippen molar-refractivity contribution in [3.63, 3.8) is 0 Å². The summed E-state index contributed by atoms with van der Waals surface area (Å²) < 4.78 is 24.4. The number of ketones is 2. The number of quaternary nitrogens is 1. The van der Waals surface area contributed by atoms with Crippen molar-refractivity contribution in [2.75, 3.05) is 53.3 Å². The zero-order valence-electron chi connectivity index (χ0n) is 33.1. The first kappa shape index (κ1) is 39.3. The number of likely N-dealkylation sites (tertiary alicyclic amines) is 2. The van der Waals surface area contributed by atoms with Crippen molar-refractivity contribution < 1.29 is 60.2 Å². The van der Waals surface area contributed by atoms with Crippen LogP contribution in [0, 0.1) is 11.8 Å². The summed E-state index contributed by atoms with van der Waals surface area (Å²) in [4.78, 5) is 27.8. The summed E-state index contributed by atoms with van der Waals surface area (Å²) in [6, 6.07) is 8.30. The first-order chi connectivity index (χ1) is 26.4. The monoisotopic (exact) mass is 898 g/mol. The molecule has 2 saturated heterocycles. The van der Waals surface area contributed by atoms with Gasteiger partial charge in [0.15, 0.2) is 46.8 Å². The highest BCUT2D eigenvalue weighted by atomic mass is 79.9. The van der Waals surface area contributed by atoms with Gasteiger partial charge in [0.2, 0.25) is 0 Å². The Morgan fingerprint density at radius 1 is 0.804 bits per heavy atom. The lowest BCUT2D eigenvalue weighted by Gasteiger charge is -2.64. The second kappa shape index (κ2) is 13.4. The summed E-state index contributed by atoms with van der Waals surface area (Å²) in [7, 11) is 7.68. The van der Waals surface area contributed by atoms with Gasteiger partial charge >= 0.3 is 0 Å². The number of ether oxygens (including phenoxy) is 4. The van der Waals surface area contributed by atoms with Crippen molar-refractivity contribution in [1.82, 2.24) is 4.90 Å². The Labute approximate surface area is 349 Å². The van der Waals surface area contributed by atoms with E-state index in [1.165, 1.54) is 42.1 Å². The van der Waals surface area contributed by atoms with Gasteiger partial charge in [0.1, 0.15) is 11.6 Å². The number of Topliss-reactive ketones (excluding diaryl/α,β-unsaturated/α-hetero) is 2. The maximum atomic E-state index is 12.9. The van der Waals surface area contributed by atoms with E-state index in [4.69, 9.17) is 18.9 Å². The fourth-order valence-corrected chi connectivity index (χ4v) is 13.7. The normalized spacial score (nSPS) is 39.9. The zero-order chi connectivity index (χ0) is 38.3. The molecule has 10 nitrogen and oxygen atoms in total. The summed E-state index contributed by atoms with van der Waals surface area (Å²) in [5.41, 5.74) is 1.60. The summed E-state index contributed by atoms with van der Waals surface area (Å²) >= 11 is 3.38. The Balaban J connectivity index is 0.000000129. The van der Waals surface area contributed by atoms with Gasteiger partial charge < -0.3 is 55.5 Å². The van der Waals surface area contributed by atoms with Gasteiger partial charge in [-0.2, -0.15) is 0 Å². The van der Waals surface area contributed by atoms with E-state index in [9.17, 15) is 19.8 Å². The first-order valence-electron chi connectivity index (χ1n) is 20.7. The minimum Gasteiger partial charge on any atom is -1.00 e. The fraction of sp³-hybridized carbons (Fsp3) is 0.682. The van der Waals surface area contributed by atoms with Crippen molar-refractivity contribution in [1.29, 1.82) is 0 Å². The average molecular weight is 901 g/mol. The lowest BCUT2D eigenvalue weighted by molar-refractivity contribution is -0.950. The topological polar surface area (TPSA) is 115 Å². The number of halogens is 2. The Morgan fingerprint density at radius 3 is 1.86 bits per heavy atom. The molecule has 2 aromatic carbocycles. The van der Waals surface area contributed by atoms with E-state index in [0.717, 1.165) is 72.8 Å². The van der Waals surface area contributed by atoms with Crippen LogP contribution in [0.4, 0.5) is 0 Å². The molecular weight excluding hydrogens is 844 g/mol. The highest BCUT2D eigenvalue weighted by molar-refractivity contribution is 9.09. The summed E-state index contributed by atoms with van der Waals surface area (Å²) in [6.07, 6.45) is 9.56. The molecule has 4 aliphatic heterocycles. The highest BCUT2D eigenvalue weighted by Crippen LogP contribution is 2.67. The molecule has 56 heavy (non-hydrogen) atoms. The minimum absolute atomic E-state index is 0. The van der Waals surface area contributed by atoms with Gasteiger partial charge in [0.25, 0.3) is 0 Å². The Bertz CT molecular complexity index is 1970. The van der Waals surface area contributed by atoms with Crippen LogP contribution in [0.5, 0.6) is 23.0 Å². The molecule has 6 fully saturated rings. The third-order valence-electron chi connectivity index (χ3n) is 16.1. The van der Waals surface area contributed by atoms with Crippen molar-refractivity contribution in [2.45, 2.75) is 123 Å². The molecule has 2 unspecified atom stereocenters. The van der Waals surface area contributed by atoms with E-state index in [0.29, 0.717) is 48.7 Å². The second-order valence-corrected chi connectivity index (χ2v) is 19.5. The molecule has 0 aromatic heterocycles. The van der Waals surface area contributed by atoms with Crippen LogP contribution in [0.1, 0.15) is 86.5 Å². The smallest absolute Gasteiger partial charge is 0.174 e. The number of hydrogen-bond acceptors (Lipinski definition) is 9. The van der Waals surface area contributed by atoms with Crippen molar-refractivity contribution in [3.8, 4) is 23.0 Å². The number of rotatable bonds is 5. The van der Waals surface area contributed by atoms with Gasteiger partial charge in [-0.25, -0.2) is 0 Å². The van der Waals surface area contributed by atoms with Crippen LogP contribution in [0.25, 0.3) is 0 Å². The number of piperidine rings is 2. The predicted molar refractivity (Wildman–Crippen MR) is 209 cm³/mol. The van der Waals surface area contributed by atoms with Gasteiger partial charge in [-0.1, -0.05) is 28.1 Å². The van der Waals surface area contributed by atoms with E-state index >= 15 is 0 Å². The standard InChI is InChI=1S/C22H28NO4.C18H21NO4.C4H7Br.BrH/c1-23(12-13-3-4-13)10-9-21-18-14-5-6-16(26-2)19(18)27-20(21)15(24)7-8-22(21,25)17(23)11-14;1-19-8-7-17-14-10-3-4-12(22-2)15(14)23-16(17)11(20)5-6-18(17,21)13(19)9-10;5-3-4-1-2-4;/h5-6,13,17,20,25H,3-4,7-12H2,1-2H3;3-4,13,16,21H,5-9H2,1-2H3;4H,1-3H2;1H/q+1;;;/p-1/t17?,20-,21-,22+,23+;13?,16-,17-,18+;;/m11../s1. The van der Waals surface area contributed by atoms with Crippen LogP contribution in [-0.4, -0.2) is 120 Å². The quantitative estimate of drug-likeness (QED) is 0.343. The van der Waals surface area contributed by atoms with Crippen LogP contribution in [0.2, 0.25) is 0 Å². The number of hydrogen-bond donors (Lipinski definition) is 2. The van der Waals surface area contributed by atoms with Gasteiger partial charge in [0, 0.05) is 54.1 Å². The number of carbonyl (C=O) groups excluding carboxylic acids is 2. The lowest BCUT2D eigenvalue weighted by Crippen LogP contribution is -3.00. The molecule has 10 aliphatic rings. The molecule has 2 spiro atoms. The van der Waals surface area contributed by atoms with Gasteiger partial charge in [-0.05, 0) is 94.1 Å². The Hall–Kier alpha value is -2.22. The van der Waals surface area contributed by atoms with Crippen LogP contribution >= 0.6 is 15.9 Å². The average Bonchev–Trinajstić information content (AvgIpc) is 4.11. The number of alkyl halides is 1. The molecule has 0 radical (unpaired) electrons. The van der Waals surface area contributed by atoms with Crippen LogP contribution in [0.15, 0.2) is 24.3 Å². The third-order valence-corrected chi connectivity index (χ3v) is 17.0. The van der Waals surface area contributed by atoms with Gasteiger partial charge in [0.05, 0.1) is 50.8 Å². The van der Waals surface area contributed by atoms with E-state index < -0.39 is 34.2 Å². The fourth-order valence-electron chi connectivity index (χ4n) is 13.0. The van der Waals surface area contributed by atoms with Crippen molar-refractivity contribution in [3.05, 3.63) is 46.5 Å². The second-order valence-electron chi connectivity index (χ2n) is 18.8. The first-order valence-corrected chi connectivity index (χ1v) is 21.9. The molecule has 4 saturated carbocycles. The number of nitrogens with zero attached hydrogens (tertiary/aromatic N) is 2. The highest BCUT2D eigenvalue weighted by Gasteiger charge is 2.77. The van der Waals surface area contributed by atoms with Crippen LogP contribution in [0.3, 0.4) is 0 Å². The SMILES string of the molecule is BrCC1CC1.COc1ccc2c3c1O[C@@H]1C(=O)CC[C@]4(O)C(C2)N(C)CC[C@@]314.COc1ccc2c3c1O[C@@H]1C(=O)CC[C@]4(O)C(C2)[N@+](C)(CC2CC2)CC[C@@]314.[Br-]. The van der Waals surface area contributed by atoms with Crippen molar-refractivity contribution in [2.24, 2.45) is 11.8 Å². The number of aliphatic hydroxyl groups is 2. The molecule has 6 aliphatic carbocycles. The van der Waals surface area contributed by atoms with E-state index in [-0.39, 0.29) is 40.6 Å². The molecule has 12 rings (SSSR count). The number of benzene rings is 2. The summed E-state index contributed by atoms with van der Waals surface area (Å²) in [6.45, 7) is 3.03. The maximum absolute atomic E-state index is 12.9. The van der Waals surface area contributed by atoms with E-state index in [1.807, 2.05) is 12.1 Å². The number of methoxy groups -OCH3 is 2. The van der Waals surface area contributed by atoms with Crippen LogP contribution < -0.4 is 35.9 Å². The molecule has 2 N–H and O–H groups in total. The van der Waals surface area contributed by atoms with Gasteiger partial charge in [-0.3, -0.25) is 9.59 Å². The molecule has 4 heterocycles. The molecule has 4 bridgehead atoms. The molecule has 2 aromatic rings. The largest absolute Gasteiger partial charge is 1.00 e. The zero-order valence-corrected chi connectivity index (χ0v) is 36.3. The minimum atomic E-state index is -0.900. The Morgan fingerprint density at radius 2 is 1.34 bits per heavy atom. The summed E-state index contributed by atoms with van der Waals surface area (Å²) in [5.74, 6) is 4.87. The molecule has 12 heteroatoms. The van der Waals surface area contributed by atoms with E-state index in [1.54, 1.807) is 14.2 Å². The van der Waals surface area contributed by atoms with Crippen molar-refractivity contribution >= 4 is 27.5 Å². The third kappa shape index (κ3) is 5.10. The molecule has 304 valence electrons. The number of carbonyl (C=O) groups is 2. The molecule has 0 amide bonds. The Kier molecular flexibility index (Phi) is 9.39. The molecular formula is C44H56Br2N2O8. The van der Waals surface area contributed by atoms with Crippen LogP contribution in [-0.2, 0) is 33.3 Å². The van der Waals surface area contributed by atoms with E-state index in [2.05, 4.69) is 47.1 Å². The lowest BCUT2D eigenvalue weighted by atomic mass is 9.48. The maximum Gasteiger partial charge on any atom is 0.174 e.